The number of hydrogen-bond acceptors (Lipinski definition) is 3. The molecule has 0 saturated carbocycles. The highest BCUT2D eigenvalue weighted by Gasteiger charge is 2.01. The second-order valence-corrected chi connectivity index (χ2v) is 2.16. The first-order valence-corrected chi connectivity index (χ1v) is 3.49. The summed E-state index contributed by atoms with van der Waals surface area (Å²) in [5.41, 5.74) is 0. The van der Waals surface area contributed by atoms with Gasteiger partial charge in [-0.1, -0.05) is 0 Å². The van der Waals surface area contributed by atoms with Crippen LogP contribution in [0.1, 0.15) is 0 Å². The van der Waals surface area contributed by atoms with E-state index in [4.69, 9.17) is 14.2 Å². The lowest BCUT2D eigenvalue weighted by Gasteiger charge is -2.06. The lowest BCUT2D eigenvalue weighted by Crippen LogP contribution is -1.90. The van der Waals surface area contributed by atoms with Crippen LogP contribution in [-0.2, 0) is 0 Å². The molecule has 0 bridgehead atoms. The van der Waals surface area contributed by atoms with Gasteiger partial charge in [0.05, 0.1) is 27.4 Å². The van der Waals surface area contributed by atoms with E-state index in [1.165, 1.54) is 0 Å². The van der Waals surface area contributed by atoms with E-state index in [9.17, 15) is 0 Å². The zero-order chi connectivity index (χ0) is 8.97. The Labute approximate surface area is 71.9 Å². The van der Waals surface area contributed by atoms with Gasteiger partial charge >= 0.3 is 0 Å². The number of benzene rings is 1. The summed E-state index contributed by atoms with van der Waals surface area (Å²) in [5, 5.41) is 0. The Kier molecular flexibility index (Phi) is 2.80. The molecule has 0 spiro atoms. The normalized spacial score (nSPS) is 9.25. The van der Waals surface area contributed by atoms with Crippen molar-refractivity contribution >= 4 is 0 Å². The molecule has 0 aliphatic carbocycles. The van der Waals surface area contributed by atoms with Gasteiger partial charge in [0.2, 0.25) is 0 Å². The third-order valence-electron chi connectivity index (χ3n) is 1.47. The highest BCUT2D eigenvalue weighted by atomic mass is 16.5. The molecule has 12 heavy (non-hydrogen) atoms. The van der Waals surface area contributed by atoms with Crippen molar-refractivity contribution in [1.29, 1.82) is 0 Å². The van der Waals surface area contributed by atoms with Crippen molar-refractivity contribution in [1.82, 2.24) is 0 Å². The van der Waals surface area contributed by atoms with E-state index in [0.717, 1.165) is 0 Å². The second kappa shape index (κ2) is 3.85. The topological polar surface area (TPSA) is 27.7 Å². The average molecular weight is 167 g/mol. The lowest BCUT2D eigenvalue weighted by atomic mass is 10.3. The van der Waals surface area contributed by atoms with Crippen LogP contribution in [0, 0.1) is 6.07 Å². The van der Waals surface area contributed by atoms with Gasteiger partial charge in [-0.15, -0.1) is 0 Å². The summed E-state index contributed by atoms with van der Waals surface area (Å²) in [6.07, 6.45) is 0. The van der Waals surface area contributed by atoms with E-state index in [0.29, 0.717) is 17.2 Å². The Bertz CT molecular complexity index is 203. The summed E-state index contributed by atoms with van der Waals surface area (Å²) in [6, 6.07) is 6.37. The first kappa shape index (κ1) is 8.71. The fourth-order valence-electron chi connectivity index (χ4n) is 0.831. The molecule has 1 rings (SSSR count). The fourth-order valence-corrected chi connectivity index (χ4v) is 0.831. The van der Waals surface area contributed by atoms with Crippen molar-refractivity contribution in [3.8, 4) is 17.2 Å². The van der Waals surface area contributed by atoms with Gasteiger partial charge in [0.25, 0.3) is 0 Å². The largest absolute Gasteiger partial charge is 0.496 e. The van der Waals surface area contributed by atoms with Gasteiger partial charge in [0, 0.05) is 12.1 Å². The summed E-state index contributed by atoms with van der Waals surface area (Å²) >= 11 is 0. The maximum absolute atomic E-state index is 5.02. The van der Waals surface area contributed by atoms with Gasteiger partial charge < -0.3 is 14.2 Å². The first-order valence-electron chi connectivity index (χ1n) is 3.49. The quantitative estimate of drug-likeness (QED) is 0.683. The predicted molar refractivity (Wildman–Crippen MR) is 44.9 cm³/mol. The van der Waals surface area contributed by atoms with Gasteiger partial charge in [-0.05, 0) is 0 Å². The van der Waals surface area contributed by atoms with E-state index >= 15 is 0 Å². The van der Waals surface area contributed by atoms with Crippen molar-refractivity contribution in [2.75, 3.05) is 21.3 Å². The molecule has 0 atom stereocenters. The van der Waals surface area contributed by atoms with Crippen molar-refractivity contribution < 1.29 is 14.2 Å². The average Bonchev–Trinajstić information content (AvgIpc) is 2.16. The van der Waals surface area contributed by atoms with Crippen LogP contribution in [0.15, 0.2) is 12.1 Å². The molecule has 1 aromatic carbocycles. The van der Waals surface area contributed by atoms with E-state index in [2.05, 4.69) is 6.07 Å². The number of hydrogen-bond donors (Lipinski definition) is 0. The molecule has 0 aromatic heterocycles. The Balaban J connectivity index is 3.01. The maximum Gasteiger partial charge on any atom is 0.134 e. The SMILES string of the molecule is COc1[c]c(OC)cc(OC)c1. The van der Waals surface area contributed by atoms with Gasteiger partial charge in [0.15, 0.2) is 0 Å². The smallest absolute Gasteiger partial charge is 0.134 e. The van der Waals surface area contributed by atoms with E-state index in [-0.39, 0.29) is 0 Å². The van der Waals surface area contributed by atoms with E-state index in [1.807, 2.05) is 0 Å². The van der Waals surface area contributed by atoms with Crippen LogP contribution in [0.2, 0.25) is 0 Å². The zero-order valence-electron chi connectivity index (χ0n) is 7.38. The molecule has 1 aromatic rings. The third-order valence-corrected chi connectivity index (χ3v) is 1.47. The van der Waals surface area contributed by atoms with Crippen LogP contribution in [0.25, 0.3) is 0 Å². The molecule has 65 valence electrons. The molecule has 0 aliphatic rings. The molecular weight excluding hydrogens is 156 g/mol. The third kappa shape index (κ3) is 1.81. The highest BCUT2D eigenvalue weighted by Crippen LogP contribution is 2.25. The number of methoxy groups -OCH3 is 3. The van der Waals surface area contributed by atoms with E-state index < -0.39 is 0 Å². The summed E-state index contributed by atoms with van der Waals surface area (Å²) < 4.78 is 15.0. The summed E-state index contributed by atoms with van der Waals surface area (Å²) in [6.45, 7) is 0. The monoisotopic (exact) mass is 167 g/mol. The molecule has 0 aliphatic heterocycles. The summed E-state index contributed by atoms with van der Waals surface area (Å²) in [7, 11) is 4.74. The second-order valence-electron chi connectivity index (χ2n) is 2.16. The molecule has 0 amide bonds. The molecule has 1 radical (unpaired) electrons. The predicted octanol–water partition coefficient (Wildman–Crippen LogP) is 1.51. The fraction of sp³-hybridized carbons (Fsp3) is 0.333. The number of rotatable bonds is 3. The Morgan fingerprint density at radius 3 is 1.75 bits per heavy atom. The van der Waals surface area contributed by atoms with Crippen LogP contribution >= 0.6 is 0 Å². The number of ether oxygens (including phenoxy) is 3. The molecule has 0 saturated heterocycles. The molecule has 3 heteroatoms. The van der Waals surface area contributed by atoms with Gasteiger partial charge in [-0.2, -0.15) is 0 Å². The Hall–Kier alpha value is -1.38. The minimum atomic E-state index is 0.603. The molecule has 0 unspecified atom stereocenters. The maximum atomic E-state index is 5.02. The summed E-state index contributed by atoms with van der Waals surface area (Å²) in [5.74, 6) is 1.90. The minimum Gasteiger partial charge on any atom is -0.496 e. The van der Waals surface area contributed by atoms with Crippen LogP contribution in [0.5, 0.6) is 17.2 Å². The molecule has 0 heterocycles. The van der Waals surface area contributed by atoms with Gasteiger partial charge in [-0.3, -0.25) is 0 Å². The van der Waals surface area contributed by atoms with Crippen LogP contribution < -0.4 is 14.2 Å². The van der Waals surface area contributed by atoms with Gasteiger partial charge in [0.1, 0.15) is 17.2 Å². The Morgan fingerprint density at radius 2 is 1.42 bits per heavy atom. The summed E-state index contributed by atoms with van der Waals surface area (Å²) in [4.78, 5) is 0. The molecular formula is C9H11O3. The molecule has 0 N–H and O–H groups in total. The van der Waals surface area contributed by atoms with Crippen molar-refractivity contribution in [2.45, 2.75) is 0 Å². The van der Waals surface area contributed by atoms with E-state index in [1.54, 1.807) is 33.5 Å². The van der Waals surface area contributed by atoms with Crippen molar-refractivity contribution in [3.63, 3.8) is 0 Å². The molecule has 3 nitrogen and oxygen atoms in total. The standard InChI is InChI=1S/C9H11O3/c1-10-7-4-8(11-2)6-9(5-7)12-3/h4-5H,1-3H3. The minimum absolute atomic E-state index is 0.603. The lowest BCUT2D eigenvalue weighted by molar-refractivity contribution is 0.374. The molecule has 0 fully saturated rings. The van der Waals surface area contributed by atoms with Crippen molar-refractivity contribution in [2.24, 2.45) is 0 Å². The van der Waals surface area contributed by atoms with Crippen LogP contribution in [0.3, 0.4) is 0 Å². The van der Waals surface area contributed by atoms with Crippen LogP contribution in [0.4, 0.5) is 0 Å². The van der Waals surface area contributed by atoms with Crippen LogP contribution in [-0.4, -0.2) is 21.3 Å². The highest BCUT2D eigenvalue weighted by molar-refractivity contribution is 5.40. The Morgan fingerprint density at radius 1 is 0.917 bits per heavy atom. The first-order chi connectivity index (χ1) is 5.80. The van der Waals surface area contributed by atoms with Gasteiger partial charge in [-0.25, -0.2) is 0 Å². The zero-order valence-corrected chi connectivity index (χ0v) is 7.38. The van der Waals surface area contributed by atoms with Crippen molar-refractivity contribution in [3.05, 3.63) is 18.2 Å².